The fourth-order valence-corrected chi connectivity index (χ4v) is 3.54. The standard InChI is InChI=1S/C16H16ClN3O3S/c1-23-15(22)12-6-9(7-18-12)13-8-24-16(19-13)20-14(21)10-4-2-3-5-11(10)17/h6-8,18H,2-5H2,1H3,(H,19,20,21). The van der Waals surface area contributed by atoms with E-state index < -0.39 is 5.97 Å². The largest absolute Gasteiger partial charge is 0.464 e. The highest BCUT2D eigenvalue weighted by Crippen LogP contribution is 2.30. The van der Waals surface area contributed by atoms with Crippen LogP contribution in [0.3, 0.4) is 0 Å². The molecule has 2 aromatic rings. The number of aromatic nitrogens is 2. The van der Waals surface area contributed by atoms with Crippen molar-refractivity contribution in [2.45, 2.75) is 25.7 Å². The number of carbonyl (C=O) groups is 2. The molecular weight excluding hydrogens is 350 g/mol. The molecule has 6 nitrogen and oxygen atoms in total. The molecule has 2 aromatic heterocycles. The molecule has 0 radical (unpaired) electrons. The number of hydrogen-bond acceptors (Lipinski definition) is 5. The number of amides is 1. The maximum Gasteiger partial charge on any atom is 0.354 e. The number of anilines is 1. The maximum absolute atomic E-state index is 12.3. The molecule has 0 atom stereocenters. The molecule has 0 saturated heterocycles. The molecular formula is C16H16ClN3O3S. The van der Waals surface area contributed by atoms with E-state index in [4.69, 9.17) is 11.6 Å². The van der Waals surface area contributed by atoms with Crippen molar-refractivity contribution in [1.29, 1.82) is 0 Å². The lowest BCUT2D eigenvalue weighted by Crippen LogP contribution is -2.17. The lowest BCUT2D eigenvalue weighted by atomic mass is 9.99. The van der Waals surface area contributed by atoms with Crippen LogP contribution in [0.4, 0.5) is 5.13 Å². The molecule has 2 N–H and O–H groups in total. The highest BCUT2D eigenvalue weighted by molar-refractivity contribution is 7.14. The van der Waals surface area contributed by atoms with Crippen molar-refractivity contribution in [2.75, 3.05) is 12.4 Å². The first kappa shape index (κ1) is 16.7. The summed E-state index contributed by atoms with van der Waals surface area (Å²) in [7, 11) is 1.32. The summed E-state index contributed by atoms with van der Waals surface area (Å²) in [6.45, 7) is 0. The molecule has 0 unspecified atom stereocenters. The fraction of sp³-hybridized carbons (Fsp3) is 0.312. The van der Waals surface area contributed by atoms with E-state index in [-0.39, 0.29) is 5.91 Å². The molecule has 0 bridgehead atoms. The van der Waals surface area contributed by atoms with Crippen LogP contribution in [0.15, 0.2) is 28.2 Å². The first-order valence-electron chi connectivity index (χ1n) is 7.50. The molecule has 1 aliphatic rings. The van der Waals surface area contributed by atoms with Crippen molar-refractivity contribution in [1.82, 2.24) is 9.97 Å². The predicted molar refractivity (Wildman–Crippen MR) is 93.2 cm³/mol. The van der Waals surface area contributed by atoms with Gasteiger partial charge in [-0.1, -0.05) is 11.6 Å². The van der Waals surface area contributed by atoms with Crippen LogP contribution in [-0.2, 0) is 9.53 Å². The molecule has 0 aromatic carbocycles. The number of hydrogen-bond donors (Lipinski definition) is 2. The Balaban J connectivity index is 1.73. The third-order valence-electron chi connectivity index (χ3n) is 3.78. The Labute approximate surface area is 147 Å². The normalized spacial score (nSPS) is 14.6. The average molecular weight is 366 g/mol. The number of carbonyl (C=O) groups excluding carboxylic acids is 2. The second-order valence-electron chi connectivity index (χ2n) is 5.38. The number of thiazole rings is 1. The molecule has 0 saturated carbocycles. The zero-order chi connectivity index (χ0) is 17.1. The van der Waals surface area contributed by atoms with Crippen molar-refractivity contribution in [3.05, 3.63) is 33.9 Å². The second kappa shape index (κ2) is 7.19. The highest BCUT2D eigenvalue weighted by Gasteiger charge is 2.19. The van der Waals surface area contributed by atoms with Gasteiger partial charge in [-0.05, 0) is 31.7 Å². The molecule has 2 heterocycles. The number of allylic oxidation sites excluding steroid dienone is 1. The quantitative estimate of drug-likeness (QED) is 0.804. The van der Waals surface area contributed by atoms with Gasteiger partial charge in [0, 0.05) is 27.7 Å². The Morgan fingerprint density at radius 3 is 2.92 bits per heavy atom. The van der Waals surface area contributed by atoms with Gasteiger partial charge in [-0.2, -0.15) is 0 Å². The summed E-state index contributed by atoms with van der Waals surface area (Å²) in [5.41, 5.74) is 2.42. The fourth-order valence-electron chi connectivity index (χ4n) is 2.51. The molecule has 126 valence electrons. The van der Waals surface area contributed by atoms with E-state index in [2.05, 4.69) is 20.0 Å². The number of nitrogens with one attached hydrogen (secondary N) is 2. The van der Waals surface area contributed by atoms with Crippen LogP contribution in [0.5, 0.6) is 0 Å². The topological polar surface area (TPSA) is 84.1 Å². The maximum atomic E-state index is 12.3. The summed E-state index contributed by atoms with van der Waals surface area (Å²) in [6, 6.07) is 1.66. The second-order valence-corrected chi connectivity index (χ2v) is 6.69. The van der Waals surface area contributed by atoms with Gasteiger partial charge in [0.25, 0.3) is 5.91 Å². The number of halogens is 1. The highest BCUT2D eigenvalue weighted by atomic mass is 35.5. The molecule has 1 aliphatic carbocycles. The van der Waals surface area contributed by atoms with Gasteiger partial charge in [0.15, 0.2) is 5.13 Å². The number of H-pyrrole nitrogens is 1. The van der Waals surface area contributed by atoms with Gasteiger partial charge in [-0.15, -0.1) is 11.3 Å². The van der Waals surface area contributed by atoms with Crippen molar-refractivity contribution >= 4 is 39.9 Å². The lowest BCUT2D eigenvalue weighted by molar-refractivity contribution is -0.113. The Kier molecular flexibility index (Phi) is 5.01. The average Bonchev–Trinajstić information content (AvgIpc) is 3.23. The van der Waals surface area contributed by atoms with E-state index >= 15 is 0 Å². The summed E-state index contributed by atoms with van der Waals surface area (Å²) in [5, 5.41) is 5.75. The van der Waals surface area contributed by atoms with Crippen LogP contribution in [0, 0.1) is 0 Å². The van der Waals surface area contributed by atoms with Gasteiger partial charge < -0.3 is 9.72 Å². The molecule has 8 heteroatoms. The number of aromatic amines is 1. The predicted octanol–water partition coefficient (Wildman–Crippen LogP) is 3.93. The summed E-state index contributed by atoms with van der Waals surface area (Å²) in [6.07, 6.45) is 5.12. The van der Waals surface area contributed by atoms with Crippen molar-refractivity contribution < 1.29 is 14.3 Å². The van der Waals surface area contributed by atoms with Gasteiger partial charge in [0.1, 0.15) is 5.69 Å². The van der Waals surface area contributed by atoms with E-state index in [1.54, 1.807) is 12.3 Å². The van der Waals surface area contributed by atoms with E-state index in [1.165, 1.54) is 18.4 Å². The molecule has 1 amide bonds. The monoisotopic (exact) mass is 365 g/mol. The minimum absolute atomic E-state index is 0.190. The molecule has 0 aliphatic heterocycles. The van der Waals surface area contributed by atoms with Crippen LogP contribution in [0.25, 0.3) is 11.3 Å². The summed E-state index contributed by atoms with van der Waals surface area (Å²) in [5.74, 6) is -0.631. The van der Waals surface area contributed by atoms with E-state index in [0.29, 0.717) is 33.5 Å². The Hall–Kier alpha value is -2.12. The summed E-state index contributed by atoms with van der Waals surface area (Å²) in [4.78, 5) is 31.0. The van der Waals surface area contributed by atoms with Crippen LogP contribution in [0.1, 0.15) is 36.2 Å². The van der Waals surface area contributed by atoms with Crippen LogP contribution < -0.4 is 5.32 Å². The number of esters is 1. The minimum atomic E-state index is -0.441. The number of rotatable bonds is 4. The van der Waals surface area contributed by atoms with Gasteiger partial charge in [-0.25, -0.2) is 9.78 Å². The SMILES string of the molecule is COC(=O)c1cc(-c2csc(NC(=O)C3=C(Cl)CCCC3)n2)c[nH]1. The van der Waals surface area contributed by atoms with Gasteiger partial charge in [0.2, 0.25) is 0 Å². The van der Waals surface area contributed by atoms with Gasteiger partial charge in [0.05, 0.1) is 12.8 Å². The van der Waals surface area contributed by atoms with E-state index in [1.807, 2.05) is 5.38 Å². The molecule has 24 heavy (non-hydrogen) atoms. The third kappa shape index (κ3) is 3.52. The minimum Gasteiger partial charge on any atom is -0.464 e. The zero-order valence-electron chi connectivity index (χ0n) is 13.0. The first-order chi connectivity index (χ1) is 11.6. The van der Waals surface area contributed by atoms with Crippen LogP contribution in [-0.4, -0.2) is 29.0 Å². The smallest absolute Gasteiger partial charge is 0.354 e. The Bertz CT molecular complexity index is 809. The van der Waals surface area contributed by atoms with E-state index in [9.17, 15) is 9.59 Å². The molecule has 0 spiro atoms. The van der Waals surface area contributed by atoms with Crippen molar-refractivity contribution in [2.24, 2.45) is 0 Å². The zero-order valence-corrected chi connectivity index (χ0v) is 14.6. The molecule has 3 rings (SSSR count). The van der Waals surface area contributed by atoms with Gasteiger partial charge >= 0.3 is 5.97 Å². The first-order valence-corrected chi connectivity index (χ1v) is 8.75. The van der Waals surface area contributed by atoms with E-state index in [0.717, 1.165) is 24.8 Å². The Morgan fingerprint density at radius 2 is 2.17 bits per heavy atom. The number of ether oxygens (including phenoxy) is 1. The third-order valence-corrected chi connectivity index (χ3v) is 4.96. The summed E-state index contributed by atoms with van der Waals surface area (Å²) < 4.78 is 4.66. The number of methoxy groups -OCH3 is 1. The molecule has 0 fully saturated rings. The van der Waals surface area contributed by atoms with Crippen LogP contribution in [0.2, 0.25) is 0 Å². The summed E-state index contributed by atoms with van der Waals surface area (Å²) >= 11 is 7.47. The van der Waals surface area contributed by atoms with Crippen molar-refractivity contribution in [3.8, 4) is 11.3 Å². The van der Waals surface area contributed by atoms with Crippen molar-refractivity contribution in [3.63, 3.8) is 0 Å². The lowest BCUT2D eigenvalue weighted by Gasteiger charge is -2.14. The number of nitrogens with zero attached hydrogens (tertiary/aromatic N) is 1. The van der Waals surface area contributed by atoms with Crippen LogP contribution >= 0.6 is 22.9 Å². The Morgan fingerprint density at radius 1 is 1.38 bits per heavy atom. The van der Waals surface area contributed by atoms with Gasteiger partial charge in [-0.3, -0.25) is 10.1 Å².